The topological polar surface area (TPSA) is 83.7 Å². The van der Waals surface area contributed by atoms with E-state index in [1.54, 1.807) is 13.4 Å². The Labute approximate surface area is 180 Å². The van der Waals surface area contributed by atoms with E-state index in [9.17, 15) is 9.90 Å². The van der Waals surface area contributed by atoms with Crippen molar-refractivity contribution in [3.8, 4) is 11.3 Å². The Morgan fingerprint density at radius 2 is 1.90 bits per heavy atom. The van der Waals surface area contributed by atoms with Crippen LogP contribution in [0.3, 0.4) is 0 Å². The summed E-state index contributed by atoms with van der Waals surface area (Å²) in [6.07, 6.45) is 2.44. The zero-order valence-electron chi connectivity index (χ0n) is 17.7. The van der Waals surface area contributed by atoms with Gasteiger partial charge in [0, 0.05) is 57.0 Å². The molecule has 0 amide bonds. The summed E-state index contributed by atoms with van der Waals surface area (Å²) in [6, 6.07) is 10.3. The van der Waals surface area contributed by atoms with Crippen LogP contribution in [0, 0.1) is 5.92 Å². The van der Waals surface area contributed by atoms with Gasteiger partial charge < -0.3 is 24.2 Å². The first-order valence-electron chi connectivity index (χ1n) is 10.8. The highest BCUT2D eigenvalue weighted by Crippen LogP contribution is 2.31. The zero-order valence-corrected chi connectivity index (χ0v) is 17.7. The SMILES string of the molecule is Cn1cnc2cc(-c3ccc(N4CCOCC4)cc3)nc(N3CC[C@H](CO)C3)c2c1=O. The van der Waals surface area contributed by atoms with Crippen molar-refractivity contribution in [2.45, 2.75) is 6.42 Å². The van der Waals surface area contributed by atoms with Gasteiger partial charge in [-0.2, -0.15) is 0 Å². The summed E-state index contributed by atoms with van der Waals surface area (Å²) in [5.41, 5.74) is 3.50. The lowest BCUT2D eigenvalue weighted by atomic mass is 10.1. The van der Waals surface area contributed by atoms with Crippen molar-refractivity contribution >= 4 is 22.4 Å². The molecule has 1 atom stereocenters. The van der Waals surface area contributed by atoms with Crippen LogP contribution in [-0.4, -0.2) is 65.6 Å². The molecule has 2 aliphatic rings. The van der Waals surface area contributed by atoms with E-state index in [2.05, 4.69) is 39.0 Å². The van der Waals surface area contributed by atoms with Crippen LogP contribution < -0.4 is 15.4 Å². The number of aromatic nitrogens is 3. The minimum absolute atomic E-state index is 0.103. The molecule has 162 valence electrons. The second-order valence-electron chi connectivity index (χ2n) is 8.32. The van der Waals surface area contributed by atoms with E-state index in [0.717, 1.165) is 50.5 Å². The molecule has 0 radical (unpaired) electrons. The van der Waals surface area contributed by atoms with E-state index in [-0.39, 0.29) is 18.1 Å². The molecule has 3 aromatic rings. The fraction of sp³-hybridized carbons (Fsp3) is 0.435. The Morgan fingerprint density at radius 3 is 2.61 bits per heavy atom. The van der Waals surface area contributed by atoms with Gasteiger partial charge in [-0.1, -0.05) is 12.1 Å². The summed E-state index contributed by atoms with van der Waals surface area (Å²) in [5, 5.41) is 10.1. The quantitative estimate of drug-likeness (QED) is 0.686. The zero-order chi connectivity index (χ0) is 21.4. The first kappa shape index (κ1) is 20.0. The van der Waals surface area contributed by atoms with Gasteiger partial charge in [0.1, 0.15) is 11.2 Å². The molecule has 0 aliphatic carbocycles. The second kappa shape index (κ2) is 8.28. The minimum Gasteiger partial charge on any atom is -0.396 e. The summed E-state index contributed by atoms with van der Waals surface area (Å²) in [4.78, 5) is 26.8. The molecule has 0 unspecified atom stereocenters. The molecule has 1 N–H and O–H groups in total. The first-order chi connectivity index (χ1) is 15.1. The molecular weight excluding hydrogens is 394 g/mol. The number of ether oxygens (including phenoxy) is 1. The van der Waals surface area contributed by atoms with Gasteiger partial charge in [0.2, 0.25) is 0 Å². The molecule has 8 heteroatoms. The van der Waals surface area contributed by atoms with E-state index in [1.807, 2.05) is 6.07 Å². The van der Waals surface area contributed by atoms with Gasteiger partial charge in [-0.3, -0.25) is 4.79 Å². The monoisotopic (exact) mass is 421 g/mol. The lowest BCUT2D eigenvalue weighted by Gasteiger charge is -2.29. The molecular formula is C23H27N5O3. The van der Waals surface area contributed by atoms with Crippen LogP contribution in [0.25, 0.3) is 22.2 Å². The molecule has 0 bridgehead atoms. The summed E-state index contributed by atoms with van der Waals surface area (Å²) in [7, 11) is 1.71. The highest BCUT2D eigenvalue weighted by Gasteiger charge is 2.26. The van der Waals surface area contributed by atoms with Gasteiger partial charge >= 0.3 is 0 Å². The maximum absolute atomic E-state index is 12.9. The molecule has 2 fully saturated rings. The predicted octanol–water partition coefficient (Wildman–Crippen LogP) is 1.65. The van der Waals surface area contributed by atoms with Gasteiger partial charge in [-0.05, 0) is 24.6 Å². The molecule has 4 heterocycles. The van der Waals surface area contributed by atoms with Crippen molar-refractivity contribution in [1.82, 2.24) is 14.5 Å². The molecule has 0 saturated carbocycles. The maximum Gasteiger partial charge on any atom is 0.264 e. The lowest BCUT2D eigenvalue weighted by Crippen LogP contribution is -2.36. The molecule has 1 aromatic carbocycles. The number of hydrogen-bond acceptors (Lipinski definition) is 7. The van der Waals surface area contributed by atoms with Crippen LogP contribution in [0.15, 0.2) is 41.5 Å². The number of aliphatic hydroxyl groups excluding tert-OH is 1. The second-order valence-corrected chi connectivity index (χ2v) is 8.32. The van der Waals surface area contributed by atoms with Gasteiger partial charge in [0.15, 0.2) is 0 Å². The number of anilines is 2. The molecule has 0 spiro atoms. The highest BCUT2D eigenvalue weighted by atomic mass is 16.5. The maximum atomic E-state index is 12.9. The van der Waals surface area contributed by atoms with Crippen molar-refractivity contribution in [3.05, 3.63) is 47.0 Å². The number of aliphatic hydroxyl groups is 1. The third-order valence-corrected chi connectivity index (χ3v) is 6.27. The standard InChI is InChI=1S/C23H27N5O3/c1-26-15-24-20-12-19(17-2-4-18(5-3-17)27-8-10-31-11-9-27)25-22(21(20)23(26)30)28-7-6-16(13-28)14-29/h2-5,12,15-16,29H,6-11,13-14H2,1H3/t16-/m0/s1. The largest absolute Gasteiger partial charge is 0.396 e. The number of morpholine rings is 1. The Balaban J connectivity index is 1.56. The third kappa shape index (κ3) is 3.77. The molecule has 2 saturated heterocycles. The number of aryl methyl sites for hydroxylation is 1. The Kier molecular flexibility index (Phi) is 5.33. The molecule has 2 aliphatic heterocycles. The molecule has 5 rings (SSSR count). The van der Waals surface area contributed by atoms with Crippen LogP contribution in [0.1, 0.15) is 6.42 Å². The summed E-state index contributed by atoms with van der Waals surface area (Å²) in [6.45, 7) is 4.90. The Morgan fingerprint density at radius 1 is 1.13 bits per heavy atom. The minimum atomic E-state index is -0.103. The number of rotatable bonds is 4. The Hall–Kier alpha value is -2.97. The van der Waals surface area contributed by atoms with Crippen molar-refractivity contribution in [2.75, 3.05) is 55.8 Å². The number of hydrogen-bond donors (Lipinski definition) is 1. The smallest absolute Gasteiger partial charge is 0.264 e. The first-order valence-corrected chi connectivity index (χ1v) is 10.8. The molecule has 8 nitrogen and oxygen atoms in total. The van der Waals surface area contributed by atoms with Crippen LogP contribution in [0.5, 0.6) is 0 Å². The number of fused-ring (bicyclic) bond motifs is 1. The summed E-state index contributed by atoms with van der Waals surface area (Å²) in [5.74, 6) is 0.864. The van der Waals surface area contributed by atoms with Crippen LogP contribution >= 0.6 is 0 Å². The van der Waals surface area contributed by atoms with E-state index >= 15 is 0 Å². The number of benzene rings is 1. The van der Waals surface area contributed by atoms with Crippen molar-refractivity contribution in [2.24, 2.45) is 13.0 Å². The van der Waals surface area contributed by atoms with Gasteiger partial charge in [0.25, 0.3) is 5.56 Å². The Bertz CT molecular complexity index is 1140. The van der Waals surface area contributed by atoms with Crippen LogP contribution in [-0.2, 0) is 11.8 Å². The van der Waals surface area contributed by atoms with Crippen molar-refractivity contribution in [3.63, 3.8) is 0 Å². The average molecular weight is 422 g/mol. The van der Waals surface area contributed by atoms with Gasteiger partial charge in [-0.25, -0.2) is 9.97 Å². The average Bonchev–Trinajstić information content (AvgIpc) is 3.31. The highest BCUT2D eigenvalue weighted by molar-refractivity contribution is 5.92. The fourth-order valence-corrected chi connectivity index (χ4v) is 4.42. The van der Waals surface area contributed by atoms with E-state index in [4.69, 9.17) is 9.72 Å². The third-order valence-electron chi connectivity index (χ3n) is 6.27. The van der Waals surface area contributed by atoms with Crippen LogP contribution in [0.4, 0.5) is 11.5 Å². The number of pyridine rings is 1. The van der Waals surface area contributed by atoms with Crippen molar-refractivity contribution in [1.29, 1.82) is 0 Å². The predicted molar refractivity (Wildman–Crippen MR) is 121 cm³/mol. The molecule has 2 aromatic heterocycles. The lowest BCUT2D eigenvalue weighted by molar-refractivity contribution is 0.122. The fourth-order valence-electron chi connectivity index (χ4n) is 4.42. The van der Waals surface area contributed by atoms with Crippen molar-refractivity contribution < 1.29 is 9.84 Å². The van der Waals surface area contributed by atoms with E-state index in [1.165, 1.54) is 10.3 Å². The van der Waals surface area contributed by atoms with E-state index < -0.39 is 0 Å². The molecule has 31 heavy (non-hydrogen) atoms. The normalized spacial score (nSPS) is 19.4. The van der Waals surface area contributed by atoms with Crippen LogP contribution in [0.2, 0.25) is 0 Å². The van der Waals surface area contributed by atoms with Gasteiger partial charge in [-0.15, -0.1) is 0 Å². The summed E-state index contributed by atoms with van der Waals surface area (Å²) < 4.78 is 6.93. The summed E-state index contributed by atoms with van der Waals surface area (Å²) >= 11 is 0. The van der Waals surface area contributed by atoms with Gasteiger partial charge in [0.05, 0.1) is 30.8 Å². The number of nitrogens with zero attached hydrogens (tertiary/aromatic N) is 5. The van der Waals surface area contributed by atoms with E-state index in [0.29, 0.717) is 23.3 Å².